The molecule has 0 bridgehead atoms. The molecule has 0 saturated heterocycles. The van der Waals surface area contributed by atoms with Gasteiger partial charge in [-0.25, -0.2) is 0 Å². The molecule has 2 aromatic carbocycles. The predicted octanol–water partition coefficient (Wildman–Crippen LogP) is 3.76. The second kappa shape index (κ2) is 8.33. The summed E-state index contributed by atoms with van der Waals surface area (Å²) in [4.78, 5) is 16.8. The van der Waals surface area contributed by atoms with Gasteiger partial charge < -0.3 is 14.9 Å². The van der Waals surface area contributed by atoms with Crippen molar-refractivity contribution in [2.24, 2.45) is 5.16 Å². The van der Waals surface area contributed by atoms with Gasteiger partial charge >= 0.3 is 0 Å². The second-order valence-electron chi connectivity index (χ2n) is 4.76. The van der Waals surface area contributed by atoms with Crippen molar-refractivity contribution in [3.8, 4) is 5.75 Å². The lowest BCUT2D eigenvalue weighted by molar-refractivity contribution is -0.120. The number of nitrogens with one attached hydrogen (secondary N) is 1. The van der Waals surface area contributed by atoms with Crippen LogP contribution in [0.25, 0.3) is 0 Å². The first-order valence-electron chi connectivity index (χ1n) is 6.94. The maximum atomic E-state index is 11.8. The lowest BCUT2D eigenvalue weighted by Gasteiger charge is -2.06. The number of ether oxygens (including phenoxy) is 1. The third kappa shape index (κ3) is 5.10. The van der Waals surface area contributed by atoms with E-state index < -0.39 is 0 Å². The van der Waals surface area contributed by atoms with Gasteiger partial charge in [0.15, 0.2) is 6.61 Å². The Morgan fingerprint density at radius 1 is 1.30 bits per heavy atom. The van der Waals surface area contributed by atoms with Crippen molar-refractivity contribution in [3.05, 3.63) is 58.1 Å². The quantitative estimate of drug-likeness (QED) is 0.616. The fourth-order valence-electron chi connectivity index (χ4n) is 1.88. The number of methoxy groups -OCH3 is 1. The number of benzene rings is 2. The molecule has 0 fully saturated rings. The van der Waals surface area contributed by atoms with Crippen LogP contribution in [0.3, 0.4) is 0 Å². The number of amides is 1. The molecule has 1 N–H and O–H groups in total. The lowest BCUT2D eigenvalue weighted by atomic mass is 10.2. The number of carbonyl (C=O) groups is 1. The van der Waals surface area contributed by atoms with Crippen LogP contribution in [0.15, 0.2) is 52.1 Å². The summed E-state index contributed by atoms with van der Waals surface area (Å²) in [6.07, 6.45) is 1.51. The minimum absolute atomic E-state index is 0.166. The van der Waals surface area contributed by atoms with Crippen molar-refractivity contribution in [3.63, 3.8) is 0 Å². The molecule has 0 unspecified atom stereocenters. The smallest absolute Gasteiger partial charge is 0.265 e. The molecule has 0 aliphatic rings. The van der Waals surface area contributed by atoms with E-state index in [0.717, 1.165) is 15.6 Å². The molecular weight excluding hydrogens is 360 g/mol. The summed E-state index contributed by atoms with van der Waals surface area (Å²) in [5.41, 5.74) is 2.53. The molecule has 1 amide bonds. The van der Waals surface area contributed by atoms with Crippen molar-refractivity contribution in [2.45, 2.75) is 6.92 Å². The number of oxime groups is 1. The maximum Gasteiger partial charge on any atom is 0.265 e. The van der Waals surface area contributed by atoms with Gasteiger partial charge in [-0.05, 0) is 42.8 Å². The van der Waals surface area contributed by atoms with Crippen LogP contribution in [0.5, 0.6) is 5.75 Å². The Balaban J connectivity index is 1.84. The Morgan fingerprint density at radius 2 is 2.09 bits per heavy atom. The molecule has 0 heterocycles. The molecule has 0 aliphatic heterocycles. The second-order valence-corrected chi connectivity index (χ2v) is 5.62. The Hall–Kier alpha value is -2.34. The molecular formula is C17H17BrN2O3. The summed E-state index contributed by atoms with van der Waals surface area (Å²) in [6.45, 7) is 1.79. The molecule has 2 rings (SSSR count). The normalized spacial score (nSPS) is 10.6. The first-order valence-corrected chi connectivity index (χ1v) is 7.74. The van der Waals surface area contributed by atoms with Crippen molar-refractivity contribution in [2.75, 3.05) is 19.0 Å². The van der Waals surface area contributed by atoms with E-state index in [9.17, 15) is 4.79 Å². The van der Waals surface area contributed by atoms with Crippen molar-refractivity contribution >= 4 is 33.7 Å². The maximum absolute atomic E-state index is 11.8. The number of anilines is 1. The summed E-state index contributed by atoms with van der Waals surface area (Å²) < 4.78 is 6.19. The third-order valence-electron chi connectivity index (χ3n) is 3.04. The summed E-state index contributed by atoms with van der Waals surface area (Å²) in [6, 6.07) is 13.0. The van der Waals surface area contributed by atoms with Gasteiger partial charge in [0, 0.05) is 15.7 Å². The molecule has 0 aliphatic carbocycles. The van der Waals surface area contributed by atoms with Gasteiger partial charge in [-0.1, -0.05) is 33.2 Å². The van der Waals surface area contributed by atoms with Gasteiger partial charge in [0.2, 0.25) is 0 Å². The van der Waals surface area contributed by atoms with Crippen LogP contribution in [0.2, 0.25) is 0 Å². The van der Waals surface area contributed by atoms with E-state index in [1.165, 1.54) is 6.21 Å². The lowest BCUT2D eigenvalue weighted by Crippen LogP contribution is -2.17. The number of aryl methyl sites for hydroxylation is 1. The van der Waals surface area contributed by atoms with Gasteiger partial charge in [-0.15, -0.1) is 0 Å². The predicted molar refractivity (Wildman–Crippen MR) is 94.0 cm³/mol. The number of hydrogen-bond donors (Lipinski definition) is 1. The fourth-order valence-corrected chi connectivity index (χ4v) is 2.13. The number of hydrogen-bond acceptors (Lipinski definition) is 4. The summed E-state index contributed by atoms with van der Waals surface area (Å²) >= 11 is 3.41. The number of rotatable bonds is 6. The molecule has 120 valence electrons. The van der Waals surface area contributed by atoms with Gasteiger partial charge in [-0.2, -0.15) is 0 Å². The molecule has 6 heteroatoms. The number of carbonyl (C=O) groups excluding carboxylic acids is 1. The first kappa shape index (κ1) is 17.0. The largest absolute Gasteiger partial charge is 0.496 e. The van der Waals surface area contributed by atoms with Crippen LogP contribution in [0.4, 0.5) is 5.69 Å². The van der Waals surface area contributed by atoms with Crippen molar-refractivity contribution < 1.29 is 14.4 Å². The monoisotopic (exact) mass is 376 g/mol. The van der Waals surface area contributed by atoms with Crippen molar-refractivity contribution in [1.82, 2.24) is 0 Å². The van der Waals surface area contributed by atoms with Gasteiger partial charge in [-0.3, -0.25) is 4.79 Å². The van der Waals surface area contributed by atoms with E-state index in [4.69, 9.17) is 9.57 Å². The zero-order valence-corrected chi connectivity index (χ0v) is 14.5. The Kier molecular flexibility index (Phi) is 6.17. The van der Waals surface area contributed by atoms with E-state index in [-0.39, 0.29) is 12.5 Å². The first-order chi connectivity index (χ1) is 11.1. The highest BCUT2D eigenvalue weighted by Crippen LogP contribution is 2.20. The highest BCUT2D eigenvalue weighted by molar-refractivity contribution is 9.10. The molecule has 0 aromatic heterocycles. The van der Waals surface area contributed by atoms with Crippen LogP contribution in [-0.2, 0) is 9.63 Å². The molecule has 0 spiro atoms. The zero-order chi connectivity index (χ0) is 16.7. The van der Waals surface area contributed by atoms with Crippen LogP contribution >= 0.6 is 15.9 Å². The average molecular weight is 377 g/mol. The number of para-hydroxylation sites is 1. The van der Waals surface area contributed by atoms with Crippen LogP contribution in [0.1, 0.15) is 11.1 Å². The number of nitrogens with zero attached hydrogens (tertiary/aromatic N) is 1. The van der Waals surface area contributed by atoms with E-state index in [0.29, 0.717) is 11.4 Å². The topological polar surface area (TPSA) is 59.9 Å². The summed E-state index contributed by atoms with van der Waals surface area (Å²) in [5.74, 6) is 0.415. The van der Waals surface area contributed by atoms with Crippen LogP contribution < -0.4 is 10.1 Å². The average Bonchev–Trinajstić information content (AvgIpc) is 2.55. The molecule has 5 nitrogen and oxygen atoms in total. The van der Waals surface area contributed by atoms with E-state index in [2.05, 4.69) is 26.4 Å². The molecule has 23 heavy (non-hydrogen) atoms. The van der Waals surface area contributed by atoms with Crippen LogP contribution in [-0.4, -0.2) is 25.8 Å². The third-order valence-corrected chi connectivity index (χ3v) is 3.93. The molecule has 0 atom stereocenters. The minimum atomic E-state index is -0.274. The van der Waals surface area contributed by atoms with Gasteiger partial charge in [0.05, 0.1) is 13.3 Å². The van der Waals surface area contributed by atoms with Crippen LogP contribution in [0, 0.1) is 6.92 Å². The van der Waals surface area contributed by atoms with Gasteiger partial charge in [0.25, 0.3) is 5.91 Å². The Labute approximate surface area is 143 Å². The van der Waals surface area contributed by atoms with Gasteiger partial charge in [0.1, 0.15) is 5.75 Å². The number of halogens is 1. The standard InChI is InChI=1S/C17H17BrN2O3/c1-12-9-14(7-8-15(12)18)20-17(21)11-23-19-10-13-5-3-4-6-16(13)22-2/h3-10H,11H2,1-2H3,(H,20,21)/b19-10-. The highest BCUT2D eigenvalue weighted by Gasteiger charge is 2.04. The Morgan fingerprint density at radius 3 is 2.83 bits per heavy atom. The minimum Gasteiger partial charge on any atom is -0.496 e. The fraction of sp³-hybridized carbons (Fsp3) is 0.176. The zero-order valence-electron chi connectivity index (χ0n) is 12.9. The Bertz CT molecular complexity index is 717. The molecule has 0 saturated carbocycles. The SMILES string of the molecule is COc1ccccc1/C=N\OCC(=O)Nc1ccc(Br)c(C)c1. The van der Waals surface area contributed by atoms with E-state index in [1.807, 2.05) is 49.4 Å². The highest BCUT2D eigenvalue weighted by atomic mass is 79.9. The summed E-state index contributed by atoms with van der Waals surface area (Å²) in [5, 5.41) is 6.54. The molecule has 0 radical (unpaired) electrons. The van der Waals surface area contributed by atoms with E-state index in [1.54, 1.807) is 7.11 Å². The van der Waals surface area contributed by atoms with E-state index >= 15 is 0 Å². The molecule has 2 aromatic rings. The summed E-state index contributed by atoms with van der Waals surface area (Å²) in [7, 11) is 1.58. The van der Waals surface area contributed by atoms with Crippen molar-refractivity contribution in [1.29, 1.82) is 0 Å².